The van der Waals surface area contributed by atoms with Gasteiger partial charge in [0.25, 0.3) is 0 Å². The molecule has 0 fully saturated rings. The summed E-state index contributed by atoms with van der Waals surface area (Å²) in [5, 5.41) is 6.73. The van der Waals surface area contributed by atoms with Crippen molar-refractivity contribution in [2.45, 2.75) is 25.7 Å². The van der Waals surface area contributed by atoms with E-state index in [4.69, 9.17) is 11.6 Å². The van der Waals surface area contributed by atoms with Gasteiger partial charge >= 0.3 is 0 Å². The summed E-state index contributed by atoms with van der Waals surface area (Å²) in [6.45, 7) is 0.607. The minimum absolute atomic E-state index is 0.0802. The molecular formula is C20H20ClN3OS. The molecule has 3 aromatic rings. The van der Waals surface area contributed by atoms with E-state index < -0.39 is 0 Å². The zero-order valence-electron chi connectivity index (χ0n) is 14.3. The number of carbonyl (C=O) groups excluding carboxylic acids is 1. The summed E-state index contributed by atoms with van der Waals surface area (Å²) in [7, 11) is 0. The van der Waals surface area contributed by atoms with Crippen molar-refractivity contribution in [1.29, 1.82) is 0 Å². The van der Waals surface area contributed by atoms with Crippen molar-refractivity contribution < 1.29 is 4.79 Å². The normalized spacial score (nSPS) is 10.7. The lowest BCUT2D eigenvalue weighted by molar-refractivity contribution is -0.121. The van der Waals surface area contributed by atoms with E-state index in [1.54, 1.807) is 23.7 Å². The molecule has 2 heterocycles. The van der Waals surface area contributed by atoms with Crippen molar-refractivity contribution in [2.24, 2.45) is 0 Å². The molecule has 1 N–H and O–H groups in total. The van der Waals surface area contributed by atoms with Crippen molar-refractivity contribution >= 4 is 28.8 Å². The maximum absolute atomic E-state index is 12.0. The van der Waals surface area contributed by atoms with Gasteiger partial charge in [0.2, 0.25) is 5.91 Å². The molecular weight excluding hydrogens is 366 g/mol. The van der Waals surface area contributed by atoms with Crippen LogP contribution in [0.2, 0.25) is 5.02 Å². The van der Waals surface area contributed by atoms with Gasteiger partial charge in [0.05, 0.1) is 5.69 Å². The molecule has 1 aromatic carbocycles. The van der Waals surface area contributed by atoms with Crippen molar-refractivity contribution in [1.82, 2.24) is 15.3 Å². The summed E-state index contributed by atoms with van der Waals surface area (Å²) in [4.78, 5) is 20.6. The Hall–Kier alpha value is -2.24. The van der Waals surface area contributed by atoms with Crippen molar-refractivity contribution in [2.75, 3.05) is 6.54 Å². The van der Waals surface area contributed by atoms with Crippen LogP contribution in [-0.2, 0) is 17.6 Å². The minimum Gasteiger partial charge on any atom is -0.356 e. The molecule has 1 amide bonds. The van der Waals surface area contributed by atoms with Crippen LogP contribution in [0.25, 0.3) is 10.6 Å². The summed E-state index contributed by atoms with van der Waals surface area (Å²) in [5.41, 5.74) is 3.23. The van der Waals surface area contributed by atoms with Gasteiger partial charge in [-0.15, -0.1) is 11.3 Å². The summed E-state index contributed by atoms with van der Waals surface area (Å²) < 4.78 is 0. The molecule has 4 nitrogen and oxygen atoms in total. The Morgan fingerprint density at radius 3 is 2.81 bits per heavy atom. The average Bonchev–Trinajstić information content (AvgIpc) is 3.11. The summed E-state index contributed by atoms with van der Waals surface area (Å²) in [6.07, 6.45) is 6.46. The van der Waals surface area contributed by atoms with Gasteiger partial charge in [0, 0.05) is 47.7 Å². The Morgan fingerprint density at radius 2 is 2.00 bits per heavy atom. The quantitative estimate of drug-likeness (QED) is 0.619. The second-order valence-electron chi connectivity index (χ2n) is 5.96. The average molecular weight is 386 g/mol. The van der Waals surface area contributed by atoms with E-state index in [9.17, 15) is 4.79 Å². The smallest absolute Gasteiger partial charge is 0.220 e. The number of aryl methyl sites for hydroxylation is 1. The Kier molecular flexibility index (Phi) is 6.75. The van der Waals surface area contributed by atoms with Crippen molar-refractivity contribution in [3.8, 4) is 10.6 Å². The third-order valence-electron chi connectivity index (χ3n) is 3.94. The highest BCUT2D eigenvalue weighted by Crippen LogP contribution is 2.22. The van der Waals surface area contributed by atoms with Crippen molar-refractivity contribution in [3.63, 3.8) is 0 Å². The summed E-state index contributed by atoms with van der Waals surface area (Å²) in [5.74, 6) is 0.0802. The highest BCUT2D eigenvalue weighted by molar-refractivity contribution is 7.13. The summed E-state index contributed by atoms with van der Waals surface area (Å²) in [6, 6.07) is 11.7. The van der Waals surface area contributed by atoms with Crippen LogP contribution < -0.4 is 5.32 Å². The van der Waals surface area contributed by atoms with Crippen LogP contribution >= 0.6 is 22.9 Å². The molecule has 0 spiro atoms. The van der Waals surface area contributed by atoms with Gasteiger partial charge in [-0.05, 0) is 42.7 Å². The third-order valence-corrected chi connectivity index (χ3v) is 5.12. The minimum atomic E-state index is 0.0802. The first kappa shape index (κ1) is 18.5. The number of benzene rings is 1. The Balaban J connectivity index is 1.37. The van der Waals surface area contributed by atoms with E-state index in [1.165, 1.54) is 0 Å². The molecule has 0 bridgehead atoms. The molecule has 6 heteroatoms. The molecule has 0 unspecified atom stereocenters. The monoisotopic (exact) mass is 385 g/mol. The van der Waals surface area contributed by atoms with E-state index in [-0.39, 0.29) is 5.91 Å². The van der Waals surface area contributed by atoms with Crippen LogP contribution in [0.15, 0.2) is 54.2 Å². The Labute approximate surface area is 162 Å². The van der Waals surface area contributed by atoms with Crippen LogP contribution in [-0.4, -0.2) is 22.4 Å². The lowest BCUT2D eigenvalue weighted by Crippen LogP contribution is -2.25. The lowest BCUT2D eigenvalue weighted by atomic mass is 10.1. The first-order chi connectivity index (χ1) is 12.7. The molecule has 0 atom stereocenters. The third kappa shape index (κ3) is 5.64. The van der Waals surface area contributed by atoms with Gasteiger partial charge in [-0.2, -0.15) is 0 Å². The highest BCUT2D eigenvalue weighted by atomic mass is 35.5. The van der Waals surface area contributed by atoms with E-state index >= 15 is 0 Å². The number of thiazole rings is 1. The predicted octanol–water partition coefficient (Wildman–Crippen LogP) is 4.54. The van der Waals surface area contributed by atoms with Crippen LogP contribution in [0.1, 0.15) is 24.1 Å². The number of rotatable bonds is 8. The lowest BCUT2D eigenvalue weighted by Gasteiger charge is -2.05. The number of hydrogen-bond acceptors (Lipinski definition) is 4. The zero-order chi connectivity index (χ0) is 18.2. The Bertz CT molecular complexity index is 851. The first-order valence-corrected chi connectivity index (χ1v) is 9.82. The molecule has 134 valence electrons. The molecule has 0 aliphatic carbocycles. The number of halogens is 1. The van der Waals surface area contributed by atoms with E-state index in [1.807, 2.05) is 41.8 Å². The second-order valence-corrected chi connectivity index (χ2v) is 7.26. The number of hydrogen-bond donors (Lipinski definition) is 1. The molecule has 0 aliphatic heterocycles. The highest BCUT2D eigenvalue weighted by Gasteiger charge is 2.06. The second kappa shape index (κ2) is 9.46. The predicted molar refractivity (Wildman–Crippen MR) is 106 cm³/mol. The standard InChI is InChI=1S/C20H20ClN3OS/c21-17-5-1-3-15(13-17)4-2-6-19(25)23-12-9-18-14-26-20(24-18)16-7-10-22-11-8-16/h1,3,5,7-8,10-11,13-14H,2,4,6,9,12H2,(H,23,25). The number of carbonyl (C=O) groups is 1. The topological polar surface area (TPSA) is 54.9 Å². The number of nitrogens with zero attached hydrogens (tertiary/aromatic N) is 2. The number of amides is 1. The van der Waals surface area contributed by atoms with Gasteiger partial charge in [0.1, 0.15) is 5.01 Å². The van der Waals surface area contributed by atoms with Crippen molar-refractivity contribution in [3.05, 3.63) is 70.5 Å². The molecule has 0 saturated carbocycles. The van der Waals surface area contributed by atoms with Gasteiger partial charge in [-0.3, -0.25) is 9.78 Å². The maximum atomic E-state index is 12.0. The number of aromatic nitrogens is 2. The molecule has 2 aromatic heterocycles. The van der Waals surface area contributed by atoms with Gasteiger partial charge in [-0.25, -0.2) is 4.98 Å². The fraction of sp³-hybridized carbons (Fsp3) is 0.250. The van der Waals surface area contributed by atoms with Crippen LogP contribution in [0, 0.1) is 0 Å². The van der Waals surface area contributed by atoms with Gasteiger partial charge < -0.3 is 5.32 Å². The molecule has 3 rings (SSSR count). The SMILES string of the molecule is O=C(CCCc1cccc(Cl)c1)NCCc1csc(-c2ccncc2)n1. The van der Waals surface area contributed by atoms with Crippen LogP contribution in [0.3, 0.4) is 0 Å². The van der Waals surface area contributed by atoms with E-state index in [0.717, 1.165) is 46.1 Å². The van der Waals surface area contributed by atoms with Crippen LogP contribution in [0.5, 0.6) is 0 Å². The maximum Gasteiger partial charge on any atom is 0.220 e. The fourth-order valence-corrected chi connectivity index (χ4v) is 3.69. The van der Waals surface area contributed by atoms with Gasteiger partial charge in [-0.1, -0.05) is 23.7 Å². The molecule has 0 aliphatic rings. The Morgan fingerprint density at radius 1 is 1.15 bits per heavy atom. The molecule has 0 radical (unpaired) electrons. The van der Waals surface area contributed by atoms with Crippen LogP contribution in [0.4, 0.5) is 0 Å². The van der Waals surface area contributed by atoms with E-state index in [0.29, 0.717) is 13.0 Å². The number of pyridine rings is 1. The largest absolute Gasteiger partial charge is 0.356 e. The molecule has 0 saturated heterocycles. The summed E-state index contributed by atoms with van der Waals surface area (Å²) >= 11 is 7.58. The first-order valence-electron chi connectivity index (χ1n) is 8.56. The fourth-order valence-electron chi connectivity index (χ4n) is 2.61. The number of nitrogens with one attached hydrogen (secondary N) is 1. The molecule has 26 heavy (non-hydrogen) atoms. The zero-order valence-corrected chi connectivity index (χ0v) is 15.9. The van der Waals surface area contributed by atoms with E-state index in [2.05, 4.69) is 15.3 Å². The van der Waals surface area contributed by atoms with Gasteiger partial charge in [0.15, 0.2) is 0 Å².